The number of carboxylic acids is 1. The van der Waals surface area contributed by atoms with Gasteiger partial charge in [-0.3, -0.25) is 14.6 Å². The molecule has 10 nitrogen and oxygen atoms in total. The van der Waals surface area contributed by atoms with Crippen molar-refractivity contribution < 1.29 is 28.6 Å². The number of hydrogen-bond acceptors (Lipinski definition) is 6. The SMILES string of the molecule is COc1cc([N+](C)(CCN2CCN(CC(=O)O)CC2)C(C)=O)ccc1NC(=O)Nc1ccccc1F. The minimum atomic E-state index is -0.833. The summed E-state index contributed by atoms with van der Waals surface area (Å²) in [6, 6.07) is 10.3. The van der Waals surface area contributed by atoms with Crippen LogP contribution in [-0.2, 0) is 9.59 Å². The van der Waals surface area contributed by atoms with E-state index in [2.05, 4.69) is 15.5 Å². The Balaban J connectivity index is 1.68. The highest BCUT2D eigenvalue weighted by molar-refractivity contribution is 6.01. The number of aliphatic carboxylic acids is 1. The molecule has 194 valence electrons. The maximum Gasteiger partial charge on any atom is 0.323 e. The van der Waals surface area contributed by atoms with Crippen LogP contribution in [0.25, 0.3) is 0 Å². The van der Waals surface area contributed by atoms with Gasteiger partial charge in [0.25, 0.3) is 0 Å². The standard InChI is InChI=1S/C25H32FN5O5/c1-18(32)31(2,15-14-29-10-12-30(13-11-29)17-24(33)34)19-8-9-22(23(16-19)36-3)28-25(35)27-21-7-5-4-6-20(21)26/h4-9,16H,10-15,17H2,1-3H3,(H2-,27,28,33,34,35)/p+1. The number of carboxylic acid groups (broad SMARTS) is 1. The zero-order valence-electron chi connectivity index (χ0n) is 20.8. The second kappa shape index (κ2) is 11.9. The van der Waals surface area contributed by atoms with E-state index in [1.165, 1.54) is 32.2 Å². The van der Waals surface area contributed by atoms with Crippen LogP contribution in [0.15, 0.2) is 42.5 Å². The quantitative estimate of drug-likeness (QED) is 0.452. The van der Waals surface area contributed by atoms with E-state index in [1.807, 2.05) is 11.9 Å². The molecule has 3 amide bonds. The second-order valence-corrected chi connectivity index (χ2v) is 8.89. The first kappa shape index (κ1) is 27.1. The van der Waals surface area contributed by atoms with Gasteiger partial charge in [-0.2, -0.15) is 0 Å². The average molecular weight is 503 g/mol. The van der Waals surface area contributed by atoms with Crippen LogP contribution in [-0.4, -0.2) is 92.8 Å². The smallest absolute Gasteiger partial charge is 0.323 e. The van der Waals surface area contributed by atoms with Crippen LogP contribution in [0.4, 0.5) is 26.2 Å². The van der Waals surface area contributed by atoms with Crippen molar-refractivity contribution in [3.05, 3.63) is 48.3 Å². The van der Waals surface area contributed by atoms with Crippen molar-refractivity contribution >= 4 is 35.0 Å². The van der Waals surface area contributed by atoms with Crippen LogP contribution < -0.4 is 19.9 Å². The fourth-order valence-electron chi connectivity index (χ4n) is 4.10. The summed E-state index contributed by atoms with van der Waals surface area (Å²) < 4.78 is 19.3. The Morgan fingerprint density at radius 2 is 1.67 bits per heavy atom. The molecule has 0 saturated carbocycles. The lowest BCUT2D eigenvalue weighted by Gasteiger charge is -2.37. The third-order valence-corrected chi connectivity index (χ3v) is 6.51. The van der Waals surface area contributed by atoms with Crippen molar-refractivity contribution in [2.45, 2.75) is 6.92 Å². The minimum Gasteiger partial charge on any atom is -0.494 e. The molecular formula is C25H33FN5O5+. The van der Waals surface area contributed by atoms with E-state index in [-0.39, 0.29) is 22.6 Å². The van der Waals surface area contributed by atoms with E-state index >= 15 is 0 Å². The maximum atomic E-state index is 13.8. The Kier molecular flexibility index (Phi) is 8.97. The maximum absolute atomic E-state index is 13.8. The molecule has 0 aromatic heterocycles. The first-order valence-electron chi connectivity index (χ1n) is 11.7. The van der Waals surface area contributed by atoms with E-state index in [0.29, 0.717) is 43.3 Å². The van der Waals surface area contributed by atoms with Crippen LogP contribution in [0.2, 0.25) is 0 Å². The summed E-state index contributed by atoms with van der Waals surface area (Å²) in [7, 11) is 3.30. The van der Waals surface area contributed by atoms with Gasteiger partial charge in [0, 0.05) is 44.9 Å². The number of hydrogen-bond donors (Lipinski definition) is 3. The monoisotopic (exact) mass is 502 g/mol. The molecule has 3 N–H and O–H groups in total. The number of anilines is 2. The number of urea groups is 1. The molecule has 1 saturated heterocycles. The highest BCUT2D eigenvalue weighted by Crippen LogP contribution is 2.33. The molecule has 1 aliphatic rings. The third-order valence-electron chi connectivity index (χ3n) is 6.51. The van der Waals surface area contributed by atoms with E-state index < -0.39 is 17.8 Å². The molecule has 2 aromatic carbocycles. The van der Waals surface area contributed by atoms with Crippen molar-refractivity contribution in [3.63, 3.8) is 0 Å². The predicted molar refractivity (Wildman–Crippen MR) is 136 cm³/mol. The summed E-state index contributed by atoms with van der Waals surface area (Å²) in [4.78, 5) is 40.2. The number of nitrogens with one attached hydrogen (secondary N) is 2. The summed E-state index contributed by atoms with van der Waals surface area (Å²) >= 11 is 0. The van der Waals surface area contributed by atoms with Crippen molar-refractivity contribution in [1.82, 2.24) is 14.3 Å². The van der Waals surface area contributed by atoms with Crippen molar-refractivity contribution in [2.24, 2.45) is 0 Å². The van der Waals surface area contributed by atoms with Crippen molar-refractivity contribution in [2.75, 3.05) is 70.6 Å². The summed E-state index contributed by atoms with van der Waals surface area (Å²) in [5, 5.41) is 14.1. The summed E-state index contributed by atoms with van der Waals surface area (Å²) in [6.45, 7) is 5.53. The number of methoxy groups -OCH3 is 1. The molecule has 0 bridgehead atoms. The van der Waals surface area contributed by atoms with Crippen LogP contribution in [0.1, 0.15) is 6.92 Å². The van der Waals surface area contributed by atoms with Crippen LogP contribution in [0, 0.1) is 5.82 Å². The molecule has 0 radical (unpaired) electrons. The second-order valence-electron chi connectivity index (χ2n) is 8.89. The fourth-order valence-corrected chi connectivity index (χ4v) is 4.10. The highest BCUT2D eigenvalue weighted by Gasteiger charge is 2.33. The van der Waals surface area contributed by atoms with Crippen LogP contribution >= 0.6 is 0 Å². The minimum absolute atomic E-state index is 0.0212. The Morgan fingerprint density at radius 1 is 1.03 bits per heavy atom. The number of benzene rings is 2. The van der Waals surface area contributed by atoms with Gasteiger partial charge in [-0.25, -0.2) is 18.5 Å². The first-order valence-corrected chi connectivity index (χ1v) is 11.7. The number of amides is 3. The molecule has 1 heterocycles. The third kappa shape index (κ3) is 6.78. The van der Waals surface area contributed by atoms with Crippen LogP contribution in [0.3, 0.4) is 0 Å². The largest absolute Gasteiger partial charge is 0.494 e. The number of halogens is 1. The van der Waals surface area contributed by atoms with Gasteiger partial charge >= 0.3 is 17.9 Å². The number of para-hydroxylation sites is 1. The average Bonchev–Trinajstić information content (AvgIpc) is 2.84. The summed E-state index contributed by atoms with van der Waals surface area (Å²) in [5.41, 5.74) is 1.12. The van der Waals surface area contributed by atoms with Gasteiger partial charge < -0.3 is 20.5 Å². The number of quaternary nitrogens is 1. The molecule has 36 heavy (non-hydrogen) atoms. The number of carbonyl (C=O) groups is 3. The van der Waals surface area contributed by atoms with Gasteiger partial charge in [-0.15, -0.1) is 0 Å². The Labute approximate surface area is 209 Å². The molecule has 1 aliphatic heterocycles. The normalized spacial score (nSPS) is 16.1. The fraction of sp³-hybridized carbons (Fsp3) is 0.400. The number of carbonyl (C=O) groups excluding carboxylic acids is 2. The van der Waals surface area contributed by atoms with Gasteiger partial charge in [0.1, 0.15) is 23.8 Å². The molecule has 3 rings (SSSR count). The van der Waals surface area contributed by atoms with E-state index in [9.17, 15) is 18.8 Å². The molecule has 1 unspecified atom stereocenters. The van der Waals surface area contributed by atoms with Gasteiger partial charge in [-0.1, -0.05) is 12.1 Å². The Hall–Kier alpha value is -3.54. The van der Waals surface area contributed by atoms with Crippen molar-refractivity contribution in [3.8, 4) is 5.75 Å². The lowest BCUT2D eigenvalue weighted by molar-refractivity contribution is -0.138. The van der Waals surface area contributed by atoms with Gasteiger partial charge in [-0.05, 0) is 18.2 Å². The lowest BCUT2D eigenvalue weighted by Crippen LogP contribution is -2.55. The zero-order valence-corrected chi connectivity index (χ0v) is 20.8. The van der Waals surface area contributed by atoms with Gasteiger partial charge in [0.2, 0.25) is 0 Å². The molecule has 0 spiro atoms. The number of piperazine rings is 1. The van der Waals surface area contributed by atoms with Crippen LogP contribution in [0.5, 0.6) is 5.75 Å². The molecule has 1 fully saturated rings. The number of rotatable bonds is 9. The van der Waals surface area contributed by atoms with E-state index in [1.54, 1.807) is 24.3 Å². The molecule has 11 heteroatoms. The van der Waals surface area contributed by atoms with E-state index in [4.69, 9.17) is 9.84 Å². The van der Waals surface area contributed by atoms with Gasteiger partial charge in [0.05, 0.1) is 39.0 Å². The highest BCUT2D eigenvalue weighted by atomic mass is 19.1. The zero-order chi connectivity index (χ0) is 26.3. The molecule has 1 atom stereocenters. The summed E-state index contributed by atoms with van der Waals surface area (Å²) in [6.07, 6.45) is 0. The Morgan fingerprint density at radius 3 is 2.28 bits per heavy atom. The number of likely N-dealkylation sites (N-methyl/N-ethyl adjacent to an activating group) is 1. The van der Waals surface area contributed by atoms with Gasteiger partial charge in [0.15, 0.2) is 0 Å². The van der Waals surface area contributed by atoms with E-state index in [0.717, 1.165) is 13.1 Å². The predicted octanol–water partition coefficient (Wildman–Crippen LogP) is 2.66. The molecule has 0 aliphatic carbocycles. The Bertz CT molecular complexity index is 1110. The topological polar surface area (TPSA) is 111 Å². The molecule has 2 aromatic rings. The number of ether oxygens (including phenoxy) is 1. The molecular weight excluding hydrogens is 469 g/mol. The van der Waals surface area contributed by atoms with Crippen molar-refractivity contribution in [1.29, 1.82) is 0 Å². The first-order chi connectivity index (χ1) is 17.1. The summed E-state index contributed by atoms with van der Waals surface area (Å²) in [5.74, 6) is -1.07. The number of nitrogens with zero attached hydrogens (tertiary/aromatic N) is 3. The lowest BCUT2D eigenvalue weighted by atomic mass is 10.2.